The van der Waals surface area contributed by atoms with Gasteiger partial charge in [-0.2, -0.15) is 0 Å². The molecular weight excluding hydrogens is 260 g/mol. The third-order valence-electron chi connectivity index (χ3n) is 3.86. The van der Waals surface area contributed by atoms with Crippen LogP contribution < -0.4 is 0 Å². The van der Waals surface area contributed by atoms with Crippen LogP contribution in [0.5, 0.6) is 0 Å². The molecule has 2 aliphatic rings. The number of hydrogen-bond acceptors (Lipinski definition) is 2. The fourth-order valence-electron chi connectivity index (χ4n) is 2.53. The second-order valence-corrected chi connectivity index (χ2v) is 5.89. The topological polar surface area (TPSA) is 26.3 Å². The molecule has 0 aromatic heterocycles. The zero-order valence-corrected chi connectivity index (χ0v) is 13.2. The van der Waals surface area contributed by atoms with Crippen LogP contribution in [0.3, 0.4) is 0 Å². The molecule has 0 atom stereocenters. The Morgan fingerprint density at radius 1 is 1.24 bits per heavy atom. The van der Waals surface area contributed by atoms with Gasteiger partial charge in [0, 0.05) is 5.57 Å². The molecule has 0 unspecified atom stereocenters. The number of esters is 1. The first kappa shape index (κ1) is 15.6. The van der Waals surface area contributed by atoms with Gasteiger partial charge in [-0.25, -0.2) is 0 Å². The molecule has 112 valence electrons. The van der Waals surface area contributed by atoms with Gasteiger partial charge in [0.05, 0.1) is 5.92 Å². The summed E-state index contributed by atoms with van der Waals surface area (Å²) in [5.41, 5.74) is 5.02. The minimum Gasteiger partial charge on any atom is -0.461 e. The number of allylic oxidation sites excluding steroid dienone is 8. The maximum absolute atomic E-state index is 11.8. The number of carbonyl (C=O) groups excluding carboxylic acids is 1. The molecule has 0 spiro atoms. The first-order valence-electron chi connectivity index (χ1n) is 7.68. The molecule has 0 fully saturated rings. The summed E-state index contributed by atoms with van der Waals surface area (Å²) in [7, 11) is 0. The van der Waals surface area contributed by atoms with Crippen molar-refractivity contribution in [2.75, 3.05) is 6.61 Å². The van der Waals surface area contributed by atoms with Crippen molar-refractivity contribution >= 4 is 5.97 Å². The summed E-state index contributed by atoms with van der Waals surface area (Å²) in [4.78, 5) is 11.8. The average molecular weight is 284 g/mol. The van der Waals surface area contributed by atoms with E-state index in [0.717, 1.165) is 24.8 Å². The molecule has 0 amide bonds. The van der Waals surface area contributed by atoms with Crippen LogP contribution in [0.1, 0.15) is 40.0 Å². The Labute approximate surface area is 127 Å². The summed E-state index contributed by atoms with van der Waals surface area (Å²) < 4.78 is 5.50. The van der Waals surface area contributed by atoms with E-state index in [9.17, 15) is 4.79 Å². The summed E-state index contributed by atoms with van der Waals surface area (Å²) in [5.74, 6) is -0.225. The van der Waals surface area contributed by atoms with E-state index >= 15 is 0 Å². The summed E-state index contributed by atoms with van der Waals surface area (Å²) >= 11 is 0. The van der Waals surface area contributed by atoms with Gasteiger partial charge in [-0.15, -0.1) is 0 Å². The molecule has 21 heavy (non-hydrogen) atoms. The summed E-state index contributed by atoms with van der Waals surface area (Å²) in [5, 5.41) is 0. The highest BCUT2D eigenvalue weighted by Gasteiger charge is 2.16. The van der Waals surface area contributed by atoms with Gasteiger partial charge in [-0.05, 0) is 37.3 Å². The second-order valence-electron chi connectivity index (χ2n) is 5.89. The van der Waals surface area contributed by atoms with Crippen molar-refractivity contribution in [2.24, 2.45) is 5.92 Å². The number of carbonyl (C=O) groups is 1. The van der Waals surface area contributed by atoms with Crippen molar-refractivity contribution in [3.8, 4) is 0 Å². The zero-order chi connectivity index (χ0) is 15.2. The van der Waals surface area contributed by atoms with Gasteiger partial charge in [-0.3, -0.25) is 4.79 Å². The molecule has 0 aliphatic heterocycles. The third kappa shape index (κ3) is 4.07. The lowest BCUT2D eigenvalue weighted by atomic mass is 9.89. The Bertz CT molecular complexity index is 554. The van der Waals surface area contributed by atoms with E-state index in [1.165, 1.54) is 16.7 Å². The van der Waals surface area contributed by atoms with Crippen molar-refractivity contribution in [3.05, 3.63) is 58.7 Å². The molecule has 0 aromatic carbocycles. The van der Waals surface area contributed by atoms with E-state index in [1.54, 1.807) is 0 Å². The van der Waals surface area contributed by atoms with Crippen molar-refractivity contribution in [1.29, 1.82) is 0 Å². The van der Waals surface area contributed by atoms with Crippen molar-refractivity contribution in [1.82, 2.24) is 0 Å². The van der Waals surface area contributed by atoms with Crippen LogP contribution in [-0.2, 0) is 9.53 Å². The second kappa shape index (κ2) is 7.26. The molecule has 0 heterocycles. The van der Waals surface area contributed by atoms with Gasteiger partial charge in [-0.1, -0.05) is 55.9 Å². The van der Waals surface area contributed by atoms with E-state index in [0.29, 0.717) is 6.61 Å². The van der Waals surface area contributed by atoms with Crippen molar-refractivity contribution in [3.63, 3.8) is 0 Å². The van der Waals surface area contributed by atoms with Gasteiger partial charge in [0.2, 0.25) is 0 Å². The van der Waals surface area contributed by atoms with Crippen molar-refractivity contribution in [2.45, 2.75) is 40.0 Å². The Balaban J connectivity index is 2.28. The SMILES string of the molecule is CC1=C(/C(COC(=O)C(C)C)=C2/C=CC=CC2)C=CCC1. The highest BCUT2D eigenvalue weighted by molar-refractivity contribution is 5.72. The van der Waals surface area contributed by atoms with Crippen LogP contribution in [0.2, 0.25) is 0 Å². The van der Waals surface area contributed by atoms with Crippen LogP contribution >= 0.6 is 0 Å². The number of ether oxygens (including phenoxy) is 1. The van der Waals surface area contributed by atoms with Gasteiger partial charge >= 0.3 is 5.97 Å². The maximum atomic E-state index is 11.8. The van der Waals surface area contributed by atoms with Crippen molar-refractivity contribution < 1.29 is 9.53 Å². The first-order chi connectivity index (χ1) is 10.1. The van der Waals surface area contributed by atoms with E-state index < -0.39 is 0 Å². The smallest absolute Gasteiger partial charge is 0.308 e. The van der Waals surface area contributed by atoms with E-state index in [4.69, 9.17) is 4.74 Å². The Hall–Kier alpha value is -1.83. The number of hydrogen-bond donors (Lipinski definition) is 0. The Morgan fingerprint density at radius 2 is 2.05 bits per heavy atom. The lowest BCUT2D eigenvalue weighted by molar-refractivity contribution is -0.146. The fourth-order valence-corrected chi connectivity index (χ4v) is 2.53. The molecule has 0 radical (unpaired) electrons. The van der Waals surface area contributed by atoms with E-state index in [-0.39, 0.29) is 11.9 Å². The largest absolute Gasteiger partial charge is 0.461 e. The monoisotopic (exact) mass is 284 g/mol. The minimum atomic E-state index is -0.138. The van der Waals surface area contributed by atoms with Crippen LogP contribution in [0.4, 0.5) is 0 Å². The van der Waals surface area contributed by atoms with Gasteiger partial charge < -0.3 is 4.74 Å². The molecule has 2 heteroatoms. The van der Waals surface area contributed by atoms with Crippen LogP contribution in [0.15, 0.2) is 58.7 Å². The third-order valence-corrected chi connectivity index (χ3v) is 3.86. The molecule has 0 saturated carbocycles. The van der Waals surface area contributed by atoms with Crippen LogP contribution in [-0.4, -0.2) is 12.6 Å². The maximum Gasteiger partial charge on any atom is 0.308 e. The Kier molecular flexibility index (Phi) is 5.38. The van der Waals surface area contributed by atoms with Gasteiger partial charge in [0.25, 0.3) is 0 Å². The highest BCUT2D eigenvalue weighted by atomic mass is 16.5. The minimum absolute atomic E-state index is 0.0879. The summed E-state index contributed by atoms with van der Waals surface area (Å²) in [6.45, 7) is 6.26. The highest BCUT2D eigenvalue weighted by Crippen LogP contribution is 2.29. The summed E-state index contributed by atoms with van der Waals surface area (Å²) in [6, 6.07) is 0. The first-order valence-corrected chi connectivity index (χ1v) is 7.68. The molecule has 2 aliphatic carbocycles. The van der Waals surface area contributed by atoms with Crippen LogP contribution in [0, 0.1) is 5.92 Å². The van der Waals surface area contributed by atoms with E-state index in [1.807, 2.05) is 19.9 Å². The average Bonchev–Trinajstić information content (AvgIpc) is 2.50. The lowest BCUT2D eigenvalue weighted by Crippen LogP contribution is -2.15. The van der Waals surface area contributed by atoms with Gasteiger partial charge in [0.1, 0.15) is 6.61 Å². The normalized spacial score (nSPS) is 20.2. The Morgan fingerprint density at radius 3 is 2.67 bits per heavy atom. The quantitative estimate of drug-likeness (QED) is 0.701. The fraction of sp³-hybridized carbons (Fsp3) is 0.421. The molecule has 0 N–H and O–H groups in total. The van der Waals surface area contributed by atoms with Crippen LogP contribution in [0.25, 0.3) is 0 Å². The molecule has 2 nitrogen and oxygen atoms in total. The lowest BCUT2D eigenvalue weighted by Gasteiger charge is -2.20. The van der Waals surface area contributed by atoms with Gasteiger partial charge in [0.15, 0.2) is 0 Å². The molecule has 2 rings (SSSR count). The standard InChI is InChI=1S/C19H24O2/c1-14(2)19(20)21-13-18(16-10-5-4-6-11-16)17-12-8-7-9-15(17)3/h4-6,8,10,12,14H,7,9,11,13H2,1-3H3/b18-16-. The molecule has 0 saturated heterocycles. The predicted molar refractivity (Wildman–Crippen MR) is 86.8 cm³/mol. The zero-order valence-electron chi connectivity index (χ0n) is 13.2. The number of rotatable bonds is 4. The van der Waals surface area contributed by atoms with E-state index in [2.05, 4.69) is 37.3 Å². The molecular formula is C19H24O2. The summed E-state index contributed by atoms with van der Waals surface area (Å²) in [6.07, 6.45) is 15.8. The molecule has 0 bridgehead atoms. The predicted octanol–water partition coefficient (Wildman–Crippen LogP) is 4.66. The molecule has 0 aromatic rings.